The van der Waals surface area contributed by atoms with E-state index in [1.165, 1.54) is 25.7 Å². The summed E-state index contributed by atoms with van der Waals surface area (Å²) in [4.78, 5) is 29.6. The van der Waals surface area contributed by atoms with Crippen LogP contribution in [0.15, 0.2) is 60.7 Å². The second-order valence-electron chi connectivity index (χ2n) is 12.9. The van der Waals surface area contributed by atoms with E-state index in [0.29, 0.717) is 24.2 Å². The molecular weight excluding hydrogens is 628 g/mol. The molecule has 0 spiro atoms. The van der Waals surface area contributed by atoms with Crippen LogP contribution in [0.2, 0.25) is 0 Å². The summed E-state index contributed by atoms with van der Waals surface area (Å²) in [6.07, 6.45) is 8.52. The number of rotatable bonds is 8. The van der Waals surface area contributed by atoms with E-state index in [1.807, 2.05) is 60.7 Å². The zero-order valence-corrected chi connectivity index (χ0v) is 27.8. The molecule has 13 heteroatoms. The van der Waals surface area contributed by atoms with Crippen LogP contribution in [-0.4, -0.2) is 113 Å². The molecule has 47 heavy (non-hydrogen) atoms. The maximum atomic E-state index is 12.4. The van der Waals surface area contributed by atoms with Crippen LogP contribution in [-0.2, 0) is 29.5 Å². The second-order valence-corrected chi connectivity index (χ2v) is 13.8. The number of hydrogen-bond donors (Lipinski definition) is 4. The summed E-state index contributed by atoms with van der Waals surface area (Å²) in [6, 6.07) is 20.9. The van der Waals surface area contributed by atoms with E-state index < -0.39 is 22.2 Å². The largest absolute Gasteiger partial charge is 0.462 e. The van der Waals surface area contributed by atoms with Crippen molar-refractivity contribution in [3.63, 3.8) is 0 Å². The summed E-state index contributed by atoms with van der Waals surface area (Å²) >= 11 is 0. The minimum Gasteiger partial charge on any atom is -0.462 e. The van der Waals surface area contributed by atoms with E-state index in [-0.39, 0.29) is 37.4 Å². The van der Waals surface area contributed by atoms with Crippen molar-refractivity contribution in [3.8, 4) is 0 Å². The SMILES string of the molecule is CN1[C@H]2CC[C@H]1CC(OC(=O)[C@@H](CO)c1ccccc1)C2.CN1[C@H]2CC[C@H]1CC(OC(=O)[C@@H](CO)c1ccccc1)C2.O=S(=O)(O)O. The first-order valence-corrected chi connectivity index (χ1v) is 17.6. The normalized spacial score (nSPS) is 28.1. The highest BCUT2D eigenvalue weighted by Crippen LogP contribution is 2.37. The molecular formula is C34H48N2O10S. The van der Waals surface area contributed by atoms with E-state index in [2.05, 4.69) is 23.9 Å². The molecule has 4 aliphatic rings. The zero-order chi connectivity index (χ0) is 34.1. The van der Waals surface area contributed by atoms with Gasteiger partial charge in [0.2, 0.25) is 0 Å². The highest BCUT2D eigenvalue weighted by molar-refractivity contribution is 7.79. The number of carbonyl (C=O) groups excluding carboxylic acids is 2. The number of piperidine rings is 2. The van der Waals surface area contributed by atoms with Gasteiger partial charge in [-0.05, 0) is 76.6 Å². The Kier molecular flexibility index (Phi) is 13.3. The van der Waals surface area contributed by atoms with E-state index in [0.717, 1.165) is 36.8 Å². The summed E-state index contributed by atoms with van der Waals surface area (Å²) in [5.74, 6) is -1.72. The third-order valence-electron chi connectivity index (χ3n) is 10.0. The molecule has 4 N–H and O–H groups in total. The van der Waals surface area contributed by atoms with E-state index >= 15 is 0 Å². The van der Waals surface area contributed by atoms with Gasteiger partial charge >= 0.3 is 22.3 Å². The van der Waals surface area contributed by atoms with Crippen LogP contribution < -0.4 is 0 Å². The van der Waals surface area contributed by atoms with Gasteiger partial charge in [-0.25, -0.2) is 0 Å². The average molecular weight is 677 g/mol. The maximum absolute atomic E-state index is 12.4. The van der Waals surface area contributed by atoms with Gasteiger partial charge < -0.3 is 29.5 Å². The van der Waals surface area contributed by atoms with Crippen molar-refractivity contribution >= 4 is 22.3 Å². The van der Waals surface area contributed by atoms with Gasteiger partial charge in [0.15, 0.2) is 0 Å². The molecule has 0 radical (unpaired) electrons. The van der Waals surface area contributed by atoms with Gasteiger partial charge in [0.05, 0.1) is 13.2 Å². The first kappa shape index (κ1) is 36.9. The van der Waals surface area contributed by atoms with E-state index in [1.54, 1.807) is 0 Å². The number of carbonyl (C=O) groups is 2. The highest BCUT2D eigenvalue weighted by Gasteiger charge is 2.41. The summed E-state index contributed by atoms with van der Waals surface area (Å²) in [6.45, 7) is -0.412. The van der Waals surface area contributed by atoms with Crippen molar-refractivity contribution in [2.75, 3.05) is 27.3 Å². The number of ether oxygens (including phenoxy) is 2. The van der Waals surface area contributed by atoms with Gasteiger partial charge in [-0.3, -0.25) is 18.7 Å². The molecule has 0 unspecified atom stereocenters. The quantitative estimate of drug-likeness (QED) is 0.238. The van der Waals surface area contributed by atoms with Crippen LogP contribution in [0.4, 0.5) is 0 Å². The van der Waals surface area contributed by atoms with Crippen LogP contribution >= 0.6 is 0 Å². The molecule has 0 aromatic heterocycles. The lowest BCUT2D eigenvalue weighted by atomic mass is 9.98. The maximum Gasteiger partial charge on any atom is 0.394 e. The van der Waals surface area contributed by atoms with Crippen LogP contribution in [0.25, 0.3) is 0 Å². The summed E-state index contributed by atoms with van der Waals surface area (Å²) in [7, 11) is -0.332. The number of benzene rings is 2. The standard InChI is InChI=1S/2C17H23NO3.H2O4S/c2*1-18-13-7-8-14(18)10-15(9-13)21-17(20)16(11-19)12-5-3-2-4-6-12;1-5(2,3)4/h2*2-6,13-16,19H,7-11H2,1H3;(H2,1,2,3,4)/t2*13-,14-,16-;/m00./s1. The fourth-order valence-electron chi connectivity index (χ4n) is 7.41. The first-order chi connectivity index (χ1) is 22.4. The number of esters is 2. The third-order valence-corrected chi connectivity index (χ3v) is 10.0. The van der Waals surface area contributed by atoms with E-state index in [9.17, 15) is 19.8 Å². The van der Waals surface area contributed by atoms with Gasteiger partial charge in [-0.15, -0.1) is 0 Å². The molecule has 4 aliphatic heterocycles. The first-order valence-electron chi connectivity index (χ1n) is 16.2. The smallest absolute Gasteiger partial charge is 0.394 e. The number of nitrogens with zero attached hydrogens (tertiary/aromatic N) is 2. The van der Waals surface area contributed by atoms with Gasteiger partial charge in [-0.2, -0.15) is 8.42 Å². The van der Waals surface area contributed by atoms with E-state index in [4.69, 9.17) is 27.0 Å². The molecule has 0 amide bonds. The topological polar surface area (TPSA) is 174 Å². The number of aliphatic hydroxyl groups is 2. The molecule has 2 aromatic rings. The molecule has 4 saturated heterocycles. The van der Waals surface area contributed by atoms with Crippen molar-refractivity contribution < 1.29 is 46.8 Å². The van der Waals surface area contributed by atoms with Gasteiger partial charge in [0.1, 0.15) is 24.0 Å². The number of fused-ring (bicyclic) bond motifs is 4. The Bertz CT molecular complexity index is 1270. The monoisotopic (exact) mass is 676 g/mol. The Balaban J connectivity index is 0.000000186. The van der Waals surface area contributed by atoms with Crippen molar-refractivity contribution in [2.24, 2.45) is 0 Å². The lowest BCUT2D eigenvalue weighted by molar-refractivity contribution is -0.156. The molecule has 6 rings (SSSR count). The molecule has 4 bridgehead atoms. The molecule has 0 saturated carbocycles. The number of aliphatic hydroxyl groups excluding tert-OH is 2. The van der Waals surface area contributed by atoms with Crippen molar-refractivity contribution in [1.29, 1.82) is 0 Å². The van der Waals surface area contributed by atoms with Crippen LogP contribution in [0.1, 0.15) is 74.3 Å². The molecule has 0 aliphatic carbocycles. The molecule has 12 nitrogen and oxygen atoms in total. The zero-order valence-electron chi connectivity index (χ0n) is 27.0. The second kappa shape index (κ2) is 17.0. The van der Waals surface area contributed by atoms with Crippen LogP contribution in [0, 0.1) is 0 Å². The summed E-state index contributed by atoms with van der Waals surface area (Å²) in [5.41, 5.74) is 1.64. The van der Waals surface area contributed by atoms with Crippen LogP contribution in [0.5, 0.6) is 0 Å². The molecule has 4 heterocycles. The molecule has 260 valence electrons. The predicted octanol–water partition coefficient (Wildman–Crippen LogP) is 3.21. The van der Waals surface area contributed by atoms with Crippen LogP contribution in [0.3, 0.4) is 0 Å². The third kappa shape index (κ3) is 10.5. The Morgan fingerprint density at radius 1 is 0.660 bits per heavy atom. The molecule has 2 aromatic carbocycles. The predicted molar refractivity (Wildman–Crippen MR) is 174 cm³/mol. The Morgan fingerprint density at radius 2 is 0.936 bits per heavy atom. The minimum atomic E-state index is -4.67. The molecule has 4 fully saturated rings. The lowest BCUT2D eigenvalue weighted by Crippen LogP contribution is -2.43. The highest BCUT2D eigenvalue weighted by atomic mass is 32.3. The summed E-state index contributed by atoms with van der Waals surface area (Å²) < 4.78 is 43.0. The van der Waals surface area contributed by atoms with Gasteiger partial charge in [0.25, 0.3) is 0 Å². The van der Waals surface area contributed by atoms with Crippen molar-refractivity contribution in [1.82, 2.24) is 9.80 Å². The fourth-order valence-corrected chi connectivity index (χ4v) is 7.41. The number of hydrogen-bond acceptors (Lipinski definition) is 10. The van der Waals surface area contributed by atoms with Gasteiger partial charge in [0, 0.05) is 24.2 Å². The van der Waals surface area contributed by atoms with Crippen molar-refractivity contribution in [2.45, 2.75) is 99.6 Å². The Morgan fingerprint density at radius 3 is 1.19 bits per heavy atom. The average Bonchev–Trinajstić information content (AvgIpc) is 3.34. The van der Waals surface area contributed by atoms with Crippen molar-refractivity contribution in [3.05, 3.63) is 71.8 Å². The fraction of sp³-hybridized carbons (Fsp3) is 0.588. The molecule has 6 atom stereocenters. The Labute approximate surface area is 277 Å². The minimum absolute atomic E-state index is 0.00367. The van der Waals surface area contributed by atoms with Gasteiger partial charge in [-0.1, -0.05) is 60.7 Å². The lowest BCUT2D eigenvalue weighted by Gasteiger charge is -2.36. The summed E-state index contributed by atoms with van der Waals surface area (Å²) in [5, 5.41) is 19.1. The Hall–Kier alpha value is -2.91.